The molecule has 0 unspecified atom stereocenters. The minimum atomic E-state index is -1.53. The van der Waals surface area contributed by atoms with Crippen LogP contribution in [0.1, 0.15) is 41.4 Å². The number of aromatic carboxylic acids is 4. The van der Waals surface area contributed by atoms with E-state index in [0.29, 0.717) is 0 Å². The third kappa shape index (κ3) is 3.14. The maximum absolute atomic E-state index is 11.5. The Labute approximate surface area is 168 Å². The average Bonchev–Trinajstić information content (AvgIpc) is 2.95. The smallest absolute Gasteiger partial charge is 0.338 e. The summed E-state index contributed by atoms with van der Waals surface area (Å²) in [5.74, 6) is -5.97. The lowest BCUT2D eigenvalue weighted by Gasteiger charge is -2.01. The first-order chi connectivity index (χ1) is 11.1. The highest BCUT2D eigenvalue weighted by molar-refractivity contribution is 14.1. The number of carboxylic acids is 4. The molecule has 4 N–H and O–H groups in total. The van der Waals surface area contributed by atoms with Gasteiger partial charge in [0.05, 0.1) is 37.8 Å². The van der Waals surface area contributed by atoms with Crippen molar-refractivity contribution in [2.24, 2.45) is 0 Å². The molecule has 126 valence electrons. The SMILES string of the molecule is O=C(O)c1c(I)sc(-c2sc(I)c(C(=O)O)c2C(=O)O)c1C(=O)O. The second-order valence-corrected chi connectivity index (χ2v) is 9.79. The van der Waals surface area contributed by atoms with Crippen molar-refractivity contribution in [3.8, 4) is 9.75 Å². The van der Waals surface area contributed by atoms with E-state index in [1.165, 1.54) is 0 Å². The van der Waals surface area contributed by atoms with E-state index in [1.54, 1.807) is 45.2 Å². The Morgan fingerprint density at radius 1 is 0.583 bits per heavy atom. The van der Waals surface area contributed by atoms with Gasteiger partial charge in [0.25, 0.3) is 0 Å². The van der Waals surface area contributed by atoms with Gasteiger partial charge in [-0.25, -0.2) is 19.2 Å². The maximum atomic E-state index is 11.5. The van der Waals surface area contributed by atoms with Crippen molar-refractivity contribution >= 4 is 91.7 Å². The van der Waals surface area contributed by atoms with Crippen molar-refractivity contribution in [1.82, 2.24) is 0 Å². The molecule has 24 heavy (non-hydrogen) atoms. The van der Waals surface area contributed by atoms with Crippen LogP contribution < -0.4 is 0 Å². The molecule has 0 bridgehead atoms. The highest BCUT2D eigenvalue weighted by Crippen LogP contribution is 2.45. The summed E-state index contributed by atoms with van der Waals surface area (Å²) in [5.41, 5.74) is -1.98. The van der Waals surface area contributed by atoms with Gasteiger partial charge in [0.1, 0.15) is 0 Å². The van der Waals surface area contributed by atoms with Crippen LogP contribution in [0.3, 0.4) is 0 Å². The molecule has 0 amide bonds. The van der Waals surface area contributed by atoms with Crippen LogP contribution in [-0.2, 0) is 0 Å². The molecule has 0 aromatic carbocycles. The standard InChI is InChI=1S/C12H4I2O8S2/c13-7-3(11(19)20)1(9(15)16)5(23-7)6-2(10(17)18)4(12(21)22)8(14)24-6/h(H,15,16)(H,17,18)(H,19,20)(H,21,22). The number of halogens is 2. The summed E-state index contributed by atoms with van der Waals surface area (Å²) >= 11 is 4.89. The largest absolute Gasteiger partial charge is 0.478 e. The van der Waals surface area contributed by atoms with Gasteiger partial charge in [-0.15, -0.1) is 22.7 Å². The molecule has 0 fully saturated rings. The summed E-state index contributed by atoms with van der Waals surface area (Å²) in [7, 11) is 0. The summed E-state index contributed by atoms with van der Waals surface area (Å²) in [5, 5.41) is 37.2. The van der Waals surface area contributed by atoms with E-state index in [4.69, 9.17) is 0 Å². The number of hydrogen-bond donors (Lipinski definition) is 4. The van der Waals surface area contributed by atoms with Crippen LogP contribution in [-0.4, -0.2) is 44.3 Å². The maximum Gasteiger partial charge on any atom is 0.338 e. The van der Waals surface area contributed by atoms with Gasteiger partial charge in [-0.3, -0.25) is 0 Å². The summed E-state index contributed by atoms with van der Waals surface area (Å²) in [6, 6.07) is 0. The quantitative estimate of drug-likeness (QED) is 0.385. The van der Waals surface area contributed by atoms with Gasteiger partial charge in [-0.2, -0.15) is 0 Å². The molecular formula is C12H4I2O8S2. The van der Waals surface area contributed by atoms with E-state index in [2.05, 4.69) is 0 Å². The van der Waals surface area contributed by atoms with E-state index in [9.17, 15) is 39.6 Å². The Morgan fingerprint density at radius 2 is 0.833 bits per heavy atom. The van der Waals surface area contributed by atoms with Crippen LogP contribution in [0.4, 0.5) is 0 Å². The van der Waals surface area contributed by atoms with Crippen LogP contribution in [0.15, 0.2) is 0 Å². The van der Waals surface area contributed by atoms with Crippen molar-refractivity contribution in [3.63, 3.8) is 0 Å². The zero-order chi connectivity index (χ0) is 18.3. The molecule has 2 rings (SSSR count). The number of rotatable bonds is 5. The molecule has 0 atom stereocenters. The third-order valence-corrected chi connectivity index (χ3v) is 7.31. The minimum Gasteiger partial charge on any atom is -0.478 e. The van der Waals surface area contributed by atoms with E-state index in [0.717, 1.165) is 22.7 Å². The van der Waals surface area contributed by atoms with Crippen molar-refractivity contribution in [1.29, 1.82) is 0 Å². The fourth-order valence-electron chi connectivity index (χ4n) is 1.92. The first kappa shape index (κ1) is 19.1. The first-order valence-corrected chi connectivity index (χ1v) is 9.45. The highest BCUT2D eigenvalue weighted by Gasteiger charge is 2.34. The number of thiophene rings is 2. The molecule has 8 nitrogen and oxygen atoms in total. The van der Waals surface area contributed by atoms with E-state index in [1.807, 2.05) is 0 Å². The molecule has 0 spiro atoms. The Balaban J connectivity index is 2.93. The molecule has 2 aromatic rings. The number of hydrogen-bond acceptors (Lipinski definition) is 6. The van der Waals surface area contributed by atoms with Crippen LogP contribution >= 0.6 is 67.9 Å². The predicted octanol–water partition coefficient (Wildman–Crippen LogP) is 3.48. The van der Waals surface area contributed by atoms with Crippen molar-refractivity contribution < 1.29 is 39.6 Å². The molecular weight excluding hydrogens is 590 g/mol. The first-order valence-electron chi connectivity index (χ1n) is 5.66. The fourth-order valence-corrected chi connectivity index (χ4v) is 6.40. The molecule has 0 aliphatic rings. The van der Waals surface area contributed by atoms with Gasteiger partial charge in [-0.05, 0) is 45.2 Å². The molecule has 0 aliphatic heterocycles. The lowest BCUT2D eigenvalue weighted by molar-refractivity contribution is 0.0651. The van der Waals surface area contributed by atoms with Gasteiger partial charge in [0.15, 0.2) is 0 Å². The molecule has 2 heterocycles. The third-order valence-electron chi connectivity index (χ3n) is 2.79. The molecule has 0 aliphatic carbocycles. The number of carbonyl (C=O) groups is 4. The van der Waals surface area contributed by atoms with E-state index >= 15 is 0 Å². The topological polar surface area (TPSA) is 149 Å². The highest BCUT2D eigenvalue weighted by atomic mass is 127. The summed E-state index contributed by atoms with van der Waals surface area (Å²) < 4.78 is 0.313. The van der Waals surface area contributed by atoms with Gasteiger partial charge >= 0.3 is 23.9 Å². The molecule has 0 radical (unpaired) electrons. The molecule has 2 aromatic heterocycles. The van der Waals surface area contributed by atoms with E-state index in [-0.39, 0.29) is 15.5 Å². The zero-order valence-electron chi connectivity index (χ0n) is 11.0. The lowest BCUT2D eigenvalue weighted by Crippen LogP contribution is -2.09. The zero-order valence-corrected chi connectivity index (χ0v) is 16.9. The monoisotopic (exact) mass is 594 g/mol. The second-order valence-electron chi connectivity index (χ2n) is 4.13. The normalized spacial score (nSPS) is 10.6. The Morgan fingerprint density at radius 3 is 1.04 bits per heavy atom. The molecule has 0 saturated carbocycles. The van der Waals surface area contributed by atoms with E-state index < -0.39 is 46.1 Å². The Hall–Kier alpha value is -1.26. The van der Waals surface area contributed by atoms with Crippen LogP contribution in [0.2, 0.25) is 0 Å². The van der Waals surface area contributed by atoms with Gasteiger partial charge < -0.3 is 20.4 Å². The van der Waals surface area contributed by atoms with Crippen molar-refractivity contribution in [3.05, 3.63) is 28.0 Å². The van der Waals surface area contributed by atoms with Crippen LogP contribution in [0.25, 0.3) is 9.75 Å². The molecule has 0 saturated heterocycles. The summed E-state index contributed by atoms with van der Waals surface area (Å²) in [6.45, 7) is 0. The van der Waals surface area contributed by atoms with Crippen molar-refractivity contribution in [2.75, 3.05) is 0 Å². The van der Waals surface area contributed by atoms with Gasteiger partial charge in [-0.1, -0.05) is 0 Å². The van der Waals surface area contributed by atoms with Gasteiger partial charge in [0.2, 0.25) is 0 Å². The minimum absolute atomic E-state index is 0.0860. The summed E-state index contributed by atoms with van der Waals surface area (Å²) in [6.07, 6.45) is 0. The predicted molar refractivity (Wildman–Crippen MR) is 101 cm³/mol. The Kier molecular flexibility index (Phi) is 5.50. The second kappa shape index (κ2) is 6.93. The Bertz CT molecular complexity index is 837. The van der Waals surface area contributed by atoms with Crippen molar-refractivity contribution in [2.45, 2.75) is 0 Å². The van der Waals surface area contributed by atoms with Gasteiger partial charge in [0, 0.05) is 0 Å². The molecule has 12 heteroatoms. The van der Waals surface area contributed by atoms with Crippen LogP contribution in [0.5, 0.6) is 0 Å². The summed E-state index contributed by atoms with van der Waals surface area (Å²) in [4.78, 5) is 45.5. The fraction of sp³-hybridized carbons (Fsp3) is 0. The average molecular weight is 594 g/mol. The lowest BCUT2D eigenvalue weighted by atomic mass is 10.1. The number of carboxylic acid groups (broad SMARTS) is 4. The van der Waals surface area contributed by atoms with Crippen LogP contribution in [0, 0.1) is 5.77 Å².